The molecule has 0 spiro atoms. The Kier molecular flexibility index (Phi) is 8.00. The molecule has 2 nitrogen and oxygen atoms in total. The average Bonchev–Trinajstić information content (AvgIpc) is 3.79. The summed E-state index contributed by atoms with van der Waals surface area (Å²) >= 11 is 0. The Morgan fingerprint density at radius 2 is 1.02 bits per heavy atom. The number of hydrogen-bond donors (Lipinski definition) is 0. The van der Waals surface area contributed by atoms with Gasteiger partial charge >= 0.3 is 0 Å². The van der Waals surface area contributed by atoms with Crippen molar-refractivity contribution < 1.29 is 0 Å². The van der Waals surface area contributed by atoms with E-state index in [1.54, 1.807) is 0 Å². The molecule has 12 rings (SSSR count). The monoisotopic (exact) mass is 796 g/mol. The smallest absolute Gasteiger partial charge is 0.179 e. The summed E-state index contributed by atoms with van der Waals surface area (Å²) in [5.41, 5.74) is 14.0. The zero-order chi connectivity index (χ0) is 40.7. The molecule has 8 aromatic carbocycles. The zero-order valence-corrected chi connectivity index (χ0v) is 35.4. The van der Waals surface area contributed by atoms with Gasteiger partial charge in [0.25, 0.3) is 0 Å². The fourth-order valence-corrected chi connectivity index (χ4v) is 15.7. The van der Waals surface area contributed by atoms with E-state index in [1.807, 2.05) is 0 Å². The topological polar surface area (TPSA) is 9.86 Å². The Hall–Kier alpha value is -7.20. The number of nitrogens with zero attached hydrogens (tertiary/aromatic N) is 2. The lowest BCUT2D eigenvalue weighted by Crippen LogP contribution is -2.74. The molecule has 0 unspecified atom stereocenters. The molecule has 10 aromatic rings. The van der Waals surface area contributed by atoms with E-state index < -0.39 is 8.07 Å². The van der Waals surface area contributed by atoms with Gasteiger partial charge in [-0.3, -0.25) is 0 Å². The summed E-state index contributed by atoms with van der Waals surface area (Å²) in [6, 6.07) is 73.4. The highest BCUT2D eigenvalue weighted by Crippen LogP contribution is 2.51. The first-order chi connectivity index (χ1) is 30.0. The summed E-state index contributed by atoms with van der Waals surface area (Å²) in [6.45, 7) is 4.75. The Morgan fingerprint density at radius 3 is 1.77 bits per heavy atom. The van der Waals surface area contributed by atoms with Crippen LogP contribution in [0.3, 0.4) is 0 Å². The summed E-state index contributed by atoms with van der Waals surface area (Å²) < 4.78 is 4.96. The molecule has 0 fully saturated rings. The second-order valence-corrected chi connectivity index (χ2v) is 21.0. The van der Waals surface area contributed by atoms with Crippen molar-refractivity contribution in [1.29, 1.82) is 0 Å². The van der Waals surface area contributed by atoms with Crippen LogP contribution < -0.4 is 20.7 Å². The number of fused-ring (bicyclic) bond motifs is 9. The summed E-state index contributed by atoms with van der Waals surface area (Å²) in [7, 11) is -2.91. The number of hydrogen-bond acceptors (Lipinski definition) is 0. The molecule has 2 aliphatic rings. The molecule has 0 bridgehead atoms. The van der Waals surface area contributed by atoms with Gasteiger partial charge in [-0.15, -0.1) is 0 Å². The van der Waals surface area contributed by atoms with Crippen LogP contribution in [0.4, 0.5) is 0 Å². The molecule has 61 heavy (non-hydrogen) atoms. The van der Waals surface area contributed by atoms with E-state index >= 15 is 0 Å². The molecule has 0 N–H and O–H groups in total. The molecule has 2 aromatic heterocycles. The standard InChI is InChI=1S/C58H44N2Si/c1-58(2)52-29-15-12-25-46(52)50-39-57-51(38-53(50)58)49-28-14-17-32-56(49)60(57)41-19-18-24-45(37-41)61(42-20-6-3-7-21-42,43-22-8-4-9-23-43)44-35-33-40(34-36-44)59-54-30-11-5-10-26-47(54)48-27-13-16-31-55(48)59/h3-4,6-39H,5H2,1-2H3. The van der Waals surface area contributed by atoms with E-state index in [0.717, 1.165) is 6.42 Å². The van der Waals surface area contributed by atoms with Crippen LogP contribution in [0.1, 0.15) is 42.7 Å². The maximum absolute atomic E-state index is 2.91. The molecule has 0 amide bonds. The molecular weight excluding hydrogens is 753 g/mol. The third-order valence-electron chi connectivity index (χ3n) is 13.7. The van der Waals surface area contributed by atoms with Gasteiger partial charge in [-0.25, -0.2) is 0 Å². The predicted octanol–water partition coefficient (Wildman–Crippen LogP) is 11.8. The first kappa shape index (κ1) is 35.7. The highest BCUT2D eigenvalue weighted by atomic mass is 28.3. The minimum absolute atomic E-state index is 0.0732. The summed E-state index contributed by atoms with van der Waals surface area (Å²) in [5, 5.41) is 9.28. The molecule has 2 aliphatic carbocycles. The molecule has 2 heterocycles. The molecule has 0 atom stereocenters. The zero-order valence-electron chi connectivity index (χ0n) is 34.4. The van der Waals surface area contributed by atoms with Crippen molar-refractivity contribution in [2.75, 3.05) is 0 Å². The minimum atomic E-state index is -2.91. The van der Waals surface area contributed by atoms with Crippen molar-refractivity contribution in [2.24, 2.45) is 0 Å². The van der Waals surface area contributed by atoms with Crippen LogP contribution in [0.15, 0.2) is 206 Å². The van der Waals surface area contributed by atoms with Gasteiger partial charge in [0.2, 0.25) is 0 Å². The van der Waals surface area contributed by atoms with E-state index in [2.05, 4.69) is 241 Å². The molecular formula is C58H44N2Si. The van der Waals surface area contributed by atoms with Gasteiger partial charge in [-0.1, -0.05) is 178 Å². The van der Waals surface area contributed by atoms with E-state index in [1.165, 1.54) is 98.3 Å². The van der Waals surface area contributed by atoms with Gasteiger partial charge in [0, 0.05) is 38.5 Å². The van der Waals surface area contributed by atoms with Gasteiger partial charge in [-0.05, 0) is 104 Å². The van der Waals surface area contributed by atoms with Gasteiger partial charge < -0.3 is 9.13 Å². The van der Waals surface area contributed by atoms with Crippen LogP contribution in [0.25, 0.3) is 67.4 Å². The number of allylic oxidation sites excluding steroid dienone is 2. The molecule has 290 valence electrons. The highest BCUT2D eigenvalue weighted by molar-refractivity contribution is 7.19. The lowest BCUT2D eigenvalue weighted by molar-refractivity contribution is 0.661. The van der Waals surface area contributed by atoms with Crippen molar-refractivity contribution in [3.8, 4) is 22.5 Å². The van der Waals surface area contributed by atoms with Gasteiger partial charge in [0.15, 0.2) is 8.07 Å². The van der Waals surface area contributed by atoms with Crippen LogP contribution in [0, 0.1) is 0 Å². The van der Waals surface area contributed by atoms with Crippen molar-refractivity contribution in [3.63, 3.8) is 0 Å². The number of rotatable bonds is 6. The van der Waals surface area contributed by atoms with Crippen molar-refractivity contribution in [3.05, 3.63) is 229 Å². The van der Waals surface area contributed by atoms with Crippen LogP contribution in [-0.2, 0) is 5.41 Å². The lowest BCUT2D eigenvalue weighted by Gasteiger charge is -2.35. The molecule has 3 heteroatoms. The van der Waals surface area contributed by atoms with E-state index in [9.17, 15) is 0 Å². The maximum atomic E-state index is 2.52. The molecule has 0 saturated heterocycles. The second kappa shape index (κ2) is 13.7. The lowest BCUT2D eigenvalue weighted by atomic mass is 9.82. The fraction of sp³-hybridized carbons (Fsp3) is 0.0690. The van der Waals surface area contributed by atoms with Gasteiger partial charge in [-0.2, -0.15) is 0 Å². The quantitative estimate of drug-likeness (QED) is 0.117. The molecule has 0 saturated carbocycles. The largest absolute Gasteiger partial charge is 0.309 e. The Labute approximate surface area is 358 Å². The fourth-order valence-electron chi connectivity index (χ4n) is 10.9. The number of para-hydroxylation sites is 2. The molecule has 0 radical (unpaired) electrons. The van der Waals surface area contributed by atoms with Gasteiger partial charge in [0.05, 0.1) is 22.2 Å². The first-order valence-corrected chi connectivity index (χ1v) is 23.5. The van der Waals surface area contributed by atoms with Crippen LogP contribution in [-0.4, -0.2) is 17.2 Å². The number of benzene rings is 8. The van der Waals surface area contributed by atoms with Crippen molar-refractivity contribution >= 4 is 73.7 Å². The second-order valence-electron chi connectivity index (χ2n) is 17.2. The summed E-state index contributed by atoms with van der Waals surface area (Å²) in [4.78, 5) is 0. The Morgan fingerprint density at radius 1 is 0.410 bits per heavy atom. The maximum Gasteiger partial charge on any atom is 0.179 e. The first-order valence-electron chi connectivity index (χ1n) is 21.5. The van der Waals surface area contributed by atoms with Crippen molar-refractivity contribution in [1.82, 2.24) is 9.13 Å². The van der Waals surface area contributed by atoms with Crippen LogP contribution in [0.5, 0.6) is 0 Å². The third-order valence-corrected chi connectivity index (χ3v) is 18.4. The summed E-state index contributed by atoms with van der Waals surface area (Å²) in [5.74, 6) is 0. The SMILES string of the molecule is CC1(C)c2ccccc2-c2cc3c(cc21)c1ccccc1n3-c1cccc([Si](c2ccccc2)(c2ccccc2)c2ccc(-n3c4c(c5ccccc53)C=CCC=C4)cc2)c1. The Bertz CT molecular complexity index is 3360. The van der Waals surface area contributed by atoms with E-state index in [4.69, 9.17) is 0 Å². The normalized spacial score (nSPS) is 14.0. The van der Waals surface area contributed by atoms with E-state index in [0.29, 0.717) is 0 Å². The van der Waals surface area contributed by atoms with Crippen LogP contribution in [0.2, 0.25) is 0 Å². The predicted molar refractivity (Wildman–Crippen MR) is 261 cm³/mol. The summed E-state index contributed by atoms with van der Waals surface area (Å²) in [6.07, 6.45) is 10.1. The van der Waals surface area contributed by atoms with Gasteiger partial charge in [0.1, 0.15) is 0 Å². The minimum Gasteiger partial charge on any atom is -0.309 e. The Balaban J connectivity index is 1.10. The van der Waals surface area contributed by atoms with E-state index in [-0.39, 0.29) is 5.41 Å². The average molecular weight is 797 g/mol. The van der Waals surface area contributed by atoms with Crippen molar-refractivity contribution in [2.45, 2.75) is 25.7 Å². The number of aromatic nitrogens is 2. The van der Waals surface area contributed by atoms with Crippen LogP contribution >= 0.6 is 0 Å². The molecule has 0 aliphatic heterocycles. The highest BCUT2D eigenvalue weighted by Gasteiger charge is 2.42. The third kappa shape index (κ3) is 5.20.